The van der Waals surface area contributed by atoms with Gasteiger partial charge >= 0.3 is 5.97 Å². The Hall–Kier alpha value is -6.23. The molecule has 3 aromatic heterocycles. The molecule has 4 aromatic carbocycles. The summed E-state index contributed by atoms with van der Waals surface area (Å²) in [4.78, 5) is 24.0. The van der Waals surface area contributed by atoms with Gasteiger partial charge in [-0.2, -0.15) is 5.10 Å². The zero-order chi connectivity index (χ0) is 29.8. The molecule has 0 bridgehead atoms. The van der Waals surface area contributed by atoms with Crippen molar-refractivity contribution in [3.05, 3.63) is 103 Å². The number of aromatic nitrogens is 6. The van der Waals surface area contributed by atoms with Gasteiger partial charge in [0.25, 0.3) is 0 Å². The van der Waals surface area contributed by atoms with E-state index >= 15 is 0 Å². The Kier molecular flexibility index (Phi) is 5.80. The Balaban J connectivity index is 1.31. The predicted octanol–water partition coefficient (Wildman–Crippen LogP) is 5.66. The summed E-state index contributed by atoms with van der Waals surface area (Å²) in [5.41, 5.74) is 5.43. The molecule has 0 saturated heterocycles. The van der Waals surface area contributed by atoms with Crippen LogP contribution in [0, 0.1) is 0 Å². The summed E-state index contributed by atoms with van der Waals surface area (Å²) < 4.78 is 4.99. The van der Waals surface area contributed by atoms with Crippen LogP contribution < -0.4 is 0 Å². The Morgan fingerprint density at radius 3 is 2.12 bits per heavy atom. The van der Waals surface area contributed by atoms with Crippen LogP contribution in [0.3, 0.4) is 0 Å². The van der Waals surface area contributed by atoms with Gasteiger partial charge in [0.2, 0.25) is 5.91 Å². The molecule has 7 aromatic rings. The number of rotatable bonds is 5. The number of carbonyl (C=O) groups excluding carboxylic acids is 1. The minimum absolute atomic E-state index is 0.126. The molecule has 0 atom stereocenters. The van der Waals surface area contributed by atoms with E-state index in [0.717, 1.165) is 38.7 Å². The molecular weight excluding hydrogens is 548 g/mol. The van der Waals surface area contributed by atoms with Crippen molar-refractivity contribution in [2.24, 2.45) is 0 Å². The van der Waals surface area contributed by atoms with Crippen LogP contribution in [0.15, 0.2) is 97.5 Å². The zero-order valence-corrected chi connectivity index (χ0v) is 22.6. The normalized spacial score (nSPS) is 11.4. The number of aromatic carboxylic acids is 1. The third kappa shape index (κ3) is 4.36. The molecular formula is C32H22N6O5. The lowest BCUT2D eigenvalue weighted by Gasteiger charge is -2.04. The van der Waals surface area contributed by atoms with E-state index in [1.54, 1.807) is 56.8 Å². The molecule has 210 valence electrons. The molecule has 7 rings (SSSR count). The van der Waals surface area contributed by atoms with Crippen LogP contribution in [0.5, 0.6) is 11.5 Å². The lowest BCUT2D eigenvalue weighted by atomic mass is 10.1. The molecule has 0 spiro atoms. The second kappa shape index (κ2) is 9.70. The van der Waals surface area contributed by atoms with Crippen LogP contribution in [0.25, 0.3) is 55.6 Å². The van der Waals surface area contributed by atoms with E-state index in [2.05, 4.69) is 15.4 Å². The fraction of sp³-hybridized carbons (Fsp3) is 0.0312. The molecule has 0 saturated carbocycles. The van der Waals surface area contributed by atoms with Crippen LogP contribution >= 0.6 is 0 Å². The first-order chi connectivity index (χ1) is 20.8. The number of aromatic hydroxyl groups is 2. The second-order valence-electron chi connectivity index (χ2n) is 10.1. The summed E-state index contributed by atoms with van der Waals surface area (Å²) in [6.45, 7) is 1.52. The van der Waals surface area contributed by atoms with Gasteiger partial charge in [-0.1, -0.05) is 23.4 Å². The van der Waals surface area contributed by atoms with Gasteiger partial charge in [0.05, 0.1) is 34.8 Å². The van der Waals surface area contributed by atoms with Crippen molar-refractivity contribution < 1.29 is 24.9 Å². The highest BCUT2D eigenvalue weighted by atomic mass is 16.4. The summed E-state index contributed by atoms with van der Waals surface area (Å²) in [6.07, 6.45) is 5.19. The van der Waals surface area contributed by atoms with Crippen molar-refractivity contribution >= 4 is 33.7 Å². The fourth-order valence-electron chi connectivity index (χ4n) is 5.32. The van der Waals surface area contributed by atoms with Crippen LogP contribution in [-0.2, 0) is 0 Å². The molecule has 3 heterocycles. The summed E-state index contributed by atoms with van der Waals surface area (Å²) >= 11 is 0. The number of phenols is 2. The maximum absolute atomic E-state index is 12.7. The Labute approximate surface area is 243 Å². The predicted molar refractivity (Wildman–Crippen MR) is 159 cm³/mol. The molecule has 11 nitrogen and oxygen atoms in total. The van der Waals surface area contributed by atoms with Crippen molar-refractivity contribution in [3.8, 4) is 45.3 Å². The highest BCUT2D eigenvalue weighted by molar-refractivity contribution is 6.14. The maximum atomic E-state index is 12.7. The smallest absolute Gasteiger partial charge is 0.339 e. The number of hydrogen-bond donors (Lipinski definition) is 3. The van der Waals surface area contributed by atoms with Crippen LogP contribution in [-0.4, -0.2) is 56.5 Å². The van der Waals surface area contributed by atoms with Crippen LogP contribution in [0.4, 0.5) is 0 Å². The fourth-order valence-corrected chi connectivity index (χ4v) is 5.32. The highest BCUT2D eigenvalue weighted by Gasteiger charge is 2.17. The summed E-state index contributed by atoms with van der Waals surface area (Å²) in [5.74, 6) is -1.52. The number of hydrogen-bond acceptors (Lipinski definition) is 7. The monoisotopic (exact) mass is 570 g/mol. The Bertz CT molecular complexity index is 2240. The molecule has 11 heteroatoms. The average molecular weight is 571 g/mol. The number of nitrogens with zero attached hydrogens (tertiary/aromatic N) is 6. The molecule has 43 heavy (non-hydrogen) atoms. The van der Waals surface area contributed by atoms with Gasteiger partial charge in [-0.25, -0.2) is 14.2 Å². The lowest BCUT2D eigenvalue weighted by molar-refractivity contribution is 0.0693. The van der Waals surface area contributed by atoms with Gasteiger partial charge in [-0.15, -0.1) is 5.10 Å². The SMILES string of the molecule is CC(=O)n1c2ccc(-n3cc(-c4ccc(C(=O)O)c(O)c4)cn3)cc2c2cc(-n3cc(-c4cccc(O)c4)nn3)ccc21. The van der Waals surface area contributed by atoms with Crippen LogP contribution in [0.2, 0.25) is 0 Å². The van der Waals surface area contributed by atoms with E-state index in [1.165, 1.54) is 19.1 Å². The third-order valence-corrected chi connectivity index (χ3v) is 7.36. The molecule has 0 fully saturated rings. The van der Waals surface area contributed by atoms with E-state index in [9.17, 15) is 24.9 Å². The Morgan fingerprint density at radius 2 is 1.47 bits per heavy atom. The first-order valence-corrected chi connectivity index (χ1v) is 13.2. The standard InChI is InChI=1S/C32H22N6O5/c1-18(39)38-29-9-6-22(36-16-21(15-33-36)19-5-8-25(32(42)43)31(41)12-19)13-26(29)27-14-23(7-10-30(27)38)37-17-28(34-35-37)20-3-2-4-24(40)11-20/h2-17,40-41H,1H3,(H,42,43). The van der Waals surface area contributed by atoms with E-state index < -0.39 is 5.97 Å². The van der Waals surface area contributed by atoms with Gasteiger partial charge in [-0.3, -0.25) is 9.36 Å². The van der Waals surface area contributed by atoms with Crippen molar-refractivity contribution in [2.75, 3.05) is 0 Å². The van der Waals surface area contributed by atoms with Crippen molar-refractivity contribution in [3.63, 3.8) is 0 Å². The van der Waals surface area contributed by atoms with E-state index in [0.29, 0.717) is 16.8 Å². The number of carbonyl (C=O) groups is 2. The largest absolute Gasteiger partial charge is 0.508 e. The van der Waals surface area contributed by atoms with Crippen molar-refractivity contribution in [1.82, 2.24) is 29.3 Å². The second-order valence-corrected chi connectivity index (χ2v) is 10.1. The van der Waals surface area contributed by atoms with Gasteiger partial charge in [0, 0.05) is 35.0 Å². The minimum Gasteiger partial charge on any atom is -0.508 e. The molecule has 3 N–H and O–H groups in total. The molecule has 0 unspecified atom stereocenters. The van der Waals surface area contributed by atoms with Gasteiger partial charge < -0.3 is 15.3 Å². The van der Waals surface area contributed by atoms with Crippen LogP contribution in [0.1, 0.15) is 22.1 Å². The molecule has 0 aliphatic heterocycles. The summed E-state index contributed by atoms with van der Waals surface area (Å²) in [5, 5.41) is 43.9. The highest BCUT2D eigenvalue weighted by Crippen LogP contribution is 2.33. The van der Waals surface area contributed by atoms with E-state index in [-0.39, 0.29) is 23.0 Å². The summed E-state index contributed by atoms with van der Waals surface area (Å²) in [7, 11) is 0. The number of benzene rings is 4. The number of carboxylic acid groups (broad SMARTS) is 1. The third-order valence-electron chi connectivity index (χ3n) is 7.36. The molecule has 0 aliphatic rings. The van der Waals surface area contributed by atoms with E-state index in [1.807, 2.05) is 42.5 Å². The topological polar surface area (TPSA) is 148 Å². The quantitative estimate of drug-likeness (QED) is 0.240. The number of fused-ring (bicyclic) bond motifs is 3. The van der Waals surface area contributed by atoms with Gasteiger partial charge in [-0.05, 0) is 66.2 Å². The first kappa shape index (κ1) is 25.7. The van der Waals surface area contributed by atoms with E-state index in [4.69, 9.17) is 0 Å². The molecule has 0 amide bonds. The van der Waals surface area contributed by atoms with Gasteiger partial charge in [0.15, 0.2) is 0 Å². The first-order valence-electron chi connectivity index (χ1n) is 13.2. The van der Waals surface area contributed by atoms with Crippen molar-refractivity contribution in [2.45, 2.75) is 6.92 Å². The minimum atomic E-state index is -1.21. The van der Waals surface area contributed by atoms with Gasteiger partial charge in [0.1, 0.15) is 22.8 Å². The maximum Gasteiger partial charge on any atom is 0.339 e. The Morgan fingerprint density at radius 1 is 0.744 bits per heavy atom. The lowest BCUT2D eigenvalue weighted by Crippen LogP contribution is -2.05. The van der Waals surface area contributed by atoms with Crippen molar-refractivity contribution in [1.29, 1.82) is 0 Å². The number of phenolic OH excluding ortho intramolecular Hbond substituents is 1. The molecule has 0 radical (unpaired) electrons. The summed E-state index contributed by atoms with van der Waals surface area (Å²) in [6, 6.07) is 22.5. The number of carboxylic acids is 1. The molecule has 0 aliphatic carbocycles. The zero-order valence-electron chi connectivity index (χ0n) is 22.6. The average Bonchev–Trinajstić information content (AvgIpc) is 3.74.